The Labute approximate surface area is 196 Å². The number of likely N-dealkylation sites (N-methyl/N-ethyl adjacent to an activating group) is 1. The van der Waals surface area contributed by atoms with Crippen molar-refractivity contribution in [2.45, 2.75) is 12.5 Å². The topological polar surface area (TPSA) is 66.0 Å². The molecule has 2 N–H and O–H groups in total. The van der Waals surface area contributed by atoms with Gasteiger partial charge in [-0.3, -0.25) is 4.79 Å². The third kappa shape index (κ3) is 7.38. The monoisotopic (exact) mass is 444 g/mol. The van der Waals surface area contributed by atoms with Crippen LogP contribution in [0.2, 0.25) is 0 Å². The number of methoxy groups -OCH3 is 1. The Morgan fingerprint density at radius 3 is 1.97 bits per heavy atom. The lowest BCUT2D eigenvalue weighted by atomic mass is 9.91. The van der Waals surface area contributed by atoms with Gasteiger partial charge in [0.15, 0.2) is 5.96 Å². The zero-order valence-electron chi connectivity index (χ0n) is 19.5. The van der Waals surface area contributed by atoms with Crippen molar-refractivity contribution in [1.29, 1.82) is 0 Å². The van der Waals surface area contributed by atoms with Crippen LogP contribution in [0.3, 0.4) is 0 Å². The van der Waals surface area contributed by atoms with Crippen LogP contribution in [-0.2, 0) is 11.3 Å². The third-order valence-electron chi connectivity index (χ3n) is 5.36. The molecule has 0 aromatic heterocycles. The average Bonchev–Trinajstić information content (AvgIpc) is 2.86. The van der Waals surface area contributed by atoms with Crippen LogP contribution in [0.25, 0.3) is 0 Å². The number of carbonyl (C=O) groups is 1. The zero-order chi connectivity index (χ0) is 23.5. The fraction of sp³-hybridized carbons (Fsp3) is 0.259. The molecular weight excluding hydrogens is 412 g/mol. The van der Waals surface area contributed by atoms with E-state index >= 15 is 0 Å². The molecule has 0 atom stereocenters. The van der Waals surface area contributed by atoms with Gasteiger partial charge in [-0.1, -0.05) is 72.8 Å². The number of aliphatic imine (C=N–C) groups is 1. The van der Waals surface area contributed by atoms with Gasteiger partial charge < -0.3 is 20.3 Å². The Bertz CT molecular complexity index is 980. The number of amides is 1. The van der Waals surface area contributed by atoms with Crippen molar-refractivity contribution in [2.75, 3.05) is 34.3 Å². The van der Waals surface area contributed by atoms with Gasteiger partial charge >= 0.3 is 0 Å². The minimum absolute atomic E-state index is 0.0170. The largest absolute Gasteiger partial charge is 0.497 e. The maximum Gasteiger partial charge on any atom is 0.241 e. The Morgan fingerprint density at radius 1 is 0.879 bits per heavy atom. The second-order valence-electron chi connectivity index (χ2n) is 7.91. The Morgan fingerprint density at radius 2 is 1.45 bits per heavy atom. The molecule has 6 nitrogen and oxygen atoms in total. The molecule has 0 aliphatic carbocycles. The molecule has 0 saturated heterocycles. The minimum Gasteiger partial charge on any atom is -0.497 e. The summed E-state index contributed by atoms with van der Waals surface area (Å²) in [5.41, 5.74) is 3.49. The summed E-state index contributed by atoms with van der Waals surface area (Å²) in [5, 5.41) is 6.62. The first-order valence-corrected chi connectivity index (χ1v) is 11.0. The highest BCUT2D eigenvalue weighted by Crippen LogP contribution is 2.23. The molecular formula is C27H32N4O2. The minimum atomic E-state index is -0.0170. The lowest BCUT2D eigenvalue weighted by Gasteiger charge is -2.21. The van der Waals surface area contributed by atoms with Gasteiger partial charge in [0.2, 0.25) is 5.91 Å². The standard InChI is InChI=1S/C27H32N4O2/c1-31(2)26(32)20-30-27(28-18-21-14-16-24(33-3)17-15-21)29-19-25(22-10-6-4-7-11-22)23-12-8-5-9-13-23/h4-17,25H,18-20H2,1-3H3,(H2,28,29,30). The first kappa shape index (κ1) is 23.9. The molecule has 1 amide bonds. The van der Waals surface area contributed by atoms with Gasteiger partial charge in [-0.2, -0.15) is 0 Å². The molecule has 0 heterocycles. The normalized spacial score (nSPS) is 11.2. The number of benzene rings is 3. The van der Waals surface area contributed by atoms with Gasteiger partial charge in [0.1, 0.15) is 5.75 Å². The van der Waals surface area contributed by atoms with E-state index in [9.17, 15) is 4.79 Å². The predicted octanol–water partition coefficient (Wildman–Crippen LogP) is 3.65. The van der Waals surface area contributed by atoms with Crippen LogP contribution < -0.4 is 15.4 Å². The molecule has 6 heteroatoms. The van der Waals surface area contributed by atoms with E-state index in [1.165, 1.54) is 11.1 Å². The second kappa shape index (κ2) is 12.3. The van der Waals surface area contributed by atoms with Gasteiger partial charge in [0, 0.05) is 26.6 Å². The first-order chi connectivity index (χ1) is 16.1. The van der Waals surface area contributed by atoms with E-state index in [2.05, 4.69) is 59.2 Å². The van der Waals surface area contributed by atoms with E-state index < -0.39 is 0 Å². The van der Waals surface area contributed by atoms with E-state index in [1.807, 2.05) is 36.4 Å². The second-order valence-corrected chi connectivity index (χ2v) is 7.91. The maximum atomic E-state index is 12.1. The predicted molar refractivity (Wildman–Crippen MR) is 134 cm³/mol. The molecule has 0 fully saturated rings. The summed E-state index contributed by atoms with van der Waals surface area (Å²) in [6.07, 6.45) is 0. The SMILES string of the molecule is COc1ccc(CN=C(NCC(=O)N(C)C)NCC(c2ccccc2)c2ccccc2)cc1. The van der Waals surface area contributed by atoms with Crippen LogP contribution in [-0.4, -0.2) is 51.1 Å². The van der Waals surface area contributed by atoms with Crippen LogP contribution in [0.4, 0.5) is 0 Å². The van der Waals surface area contributed by atoms with Crippen molar-refractivity contribution in [3.63, 3.8) is 0 Å². The molecule has 0 bridgehead atoms. The molecule has 0 radical (unpaired) electrons. The Hall–Kier alpha value is -3.80. The van der Waals surface area contributed by atoms with Gasteiger partial charge in [0.25, 0.3) is 0 Å². The number of hydrogen-bond acceptors (Lipinski definition) is 3. The lowest BCUT2D eigenvalue weighted by Crippen LogP contribution is -2.44. The van der Waals surface area contributed by atoms with Crippen molar-refractivity contribution in [1.82, 2.24) is 15.5 Å². The number of rotatable bonds is 9. The molecule has 0 aliphatic rings. The van der Waals surface area contributed by atoms with Crippen molar-refractivity contribution in [2.24, 2.45) is 4.99 Å². The molecule has 3 rings (SSSR count). The molecule has 0 unspecified atom stereocenters. The number of nitrogens with zero attached hydrogens (tertiary/aromatic N) is 2. The van der Waals surface area contributed by atoms with E-state index in [0.29, 0.717) is 19.0 Å². The molecule has 33 heavy (non-hydrogen) atoms. The molecule has 0 aliphatic heterocycles. The highest BCUT2D eigenvalue weighted by atomic mass is 16.5. The smallest absolute Gasteiger partial charge is 0.241 e. The van der Waals surface area contributed by atoms with Crippen LogP contribution in [0.15, 0.2) is 89.9 Å². The highest BCUT2D eigenvalue weighted by molar-refractivity contribution is 5.86. The van der Waals surface area contributed by atoms with Crippen LogP contribution in [0.5, 0.6) is 5.75 Å². The van der Waals surface area contributed by atoms with Gasteiger partial charge in [-0.05, 0) is 28.8 Å². The van der Waals surface area contributed by atoms with Crippen LogP contribution in [0, 0.1) is 0 Å². The van der Waals surface area contributed by atoms with E-state index in [1.54, 1.807) is 26.1 Å². The summed E-state index contributed by atoms with van der Waals surface area (Å²) < 4.78 is 5.23. The highest BCUT2D eigenvalue weighted by Gasteiger charge is 2.15. The van der Waals surface area contributed by atoms with E-state index in [0.717, 1.165) is 11.3 Å². The number of hydrogen-bond donors (Lipinski definition) is 2. The number of carbonyl (C=O) groups excluding carboxylic acids is 1. The van der Waals surface area contributed by atoms with Crippen molar-refractivity contribution < 1.29 is 9.53 Å². The number of nitrogens with one attached hydrogen (secondary N) is 2. The van der Waals surface area contributed by atoms with Gasteiger partial charge in [0.05, 0.1) is 20.2 Å². The zero-order valence-corrected chi connectivity index (χ0v) is 19.5. The Balaban J connectivity index is 1.77. The molecule has 0 saturated carbocycles. The number of ether oxygens (including phenoxy) is 1. The Kier molecular flexibility index (Phi) is 8.88. The summed E-state index contributed by atoms with van der Waals surface area (Å²) in [6.45, 7) is 1.29. The molecule has 3 aromatic carbocycles. The summed E-state index contributed by atoms with van der Waals surface area (Å²) in [4.78, 5) is 18.4. The average molecular weight is 445 g/mol. The van der Waals surface area contributed by atoms with Crippen LogP contribution in [0.1, 0.15) is 22.6 Å². The molecule has 172 valence electrons. The fourth-order valence-corrected chi connectivity index (χ4v) is 3.39. The lowest BCUT2D eigenvalue weighted by molar-refractivity contribution is -0.127. The summed E-state index contributed by atoms with van der Waals surface area (Å²) in [5.74, 6) is 1.53. The summed E-state index contributed by atoms with van der Waals surface area (Å²) >= 11 is 0. The first-order valence-electron chi connectivity index (χ1n) is 11.0. The van der Waals surface area contributed by atoms with Gasteiger partial charge in [-0.15, -0.1) is 0 Å². The summed E-state index contributed by atoms with van der Waals surface area (Å²) in [6, 6.07) is 28.6. The van der Waals surface area contributed by atoms with E-state index in [-0.39, 0.29) is 18.4 Å². The summed E-state index contributed by atoms with van der Waals surface area (Å²) in [7, 11) is 5.13. The van der Waals surface area contributed by atoms with Gasteiger partial charge in [-0.25, -0.2) is 4.99 Å². The maximum absolute atomic E-state index is 12.1. The fourth-order valence-electron chi connectivity index (χ4n) is 3.39. The van der Waals surface area contributed by atoms with Crippen molar-refractivity contribution in [3.05, 3.63) is 102 Å². The molecule has 3 aromatic rings. The van der Waals surface area contributed by atoms with E-state index in [4.69, 9.17) is 9.73 Å². The quantitative estimate of drug-likeness (QED) is 0.391. The van der Waals surface area contributed by atoms with Crippen LogP contribution >= 0.6 is 0 Å². The third-order valence-corrected chi connectivity index (χ3v) is 5.36. The number of guanidine groups is 1. The molecule has 0 spiro atoms. The van der Waals surface area contributed by atoms with Crippen molar-refractivity contribution >= 4 is 11.9 Å². The van der Waals surface area contributed by atoms with Crippen molar-refractivity contribution in [3.8, 4) is 5.75 Å².